The van der Waals surface area contributed by atoms with E-state index in [1.807, 2.05) is 91.9 Å². The first-order valence-electron chi connectivity index (χ1n) is 16.8. The zero-order valence-corrected chi connectivity index (χ0v) is 28.0. The number of carbonyl (C=O) groups excluding carboxylic acids is 3. The molecular formula is C40H41N3O6. The van der Waals surface area contributed by atoms with Crippen molar-refractivity contribution >= 4 is 45.6 Å². The van der Waals surface area contributed by atoms with E-state index >= 15 is 0 Å². The summed E-state index contributed by atoms with van der Waals surface area (Å²) in [6, 6.07) is 26.6. The molecule has 0 aromatic heterocycles. The van der Waals surface area contributed by atoms with Crippen LogP contribution in [0.25, 0.3) is 10.8 Å². The number of hydrogen-bond acceptors (Lipinski definition) is 6. The Kier molecular flexibility index (Phi) is 8.17. The molecule has 2 N–H and O–H groups in total. The number of rotatable bonds is 10. The number of ether oxygens (including phenoxy) is 1. The second-order valence-corrected chi connectivity index (χ2v) is 13.8. The summed E-state index contributed by atoms with van der Waals surface area (Å²) in [5.74, 6) is -1.88. The van der Waals surface area contributed by atoms with E-state index in [1.165, 1.54) is 0 Å². The van der Waals surface area contributed by atoms with Crippen LogP contribution in [0.1, 0.15) is 48.7 Å². The Bertz CT molecular complexity index is 1960. The van der Waals surface area contributed by atoms with Gasteiger partial charge in [0.25, 0.3) is 11.8 Å². The van der Waals surface area contributed by atoms with Gasteiger partial charge in [0.05, 0.1) is 41.7 Å². The molecular weight excluding hydrogens is 618 g/mol. The van der Waals surface area contributed by atoms with Crippen LogP contribution in [0.3, 0.4) is 0 Å². The van der Waals surface area contributed by atoms with Crippen LogP contribution in [-0.2, 0) is 26.5 Å². The number of aliphatic hydroxyl groups excluding tert-OH is 1. The lowest BCUT2D eigenvalue weighted by Crippen LogP contribution is -2.46. The van der Waals surface area contributed by atoms with E-state index in [0.29, 0.717) is 29.0 Å². The summed E-state index contributed by atoms with van der Waals surface area (Å²) in [4.78, 5) is 47.4. The molecule has 0 bridgehead atoms. The van der Waals surface area contributed by atoms with Crippen LogP contribution in [0.5, 0.6) is 0 Å². The Morgan fingerprint density at radius 1 is 1.02 bits per heavy atom. The molecule has 4 aromatic rings. The zero-order valence-electron chi connectivity index (χ0n) is 28.0. The summed E-state index contributed by atoms with van der Waals surface area (Å²) in [7, 11) is 0. The Hall–Kier alpha value is -4.83. The van der Waals surface area contributed by atoms with E-state index in [9.17, 15) is 24.6 Å². The van der Waals surface area contributed by atoms with Crippen LogP contribution in [-0.4, -0.2) is 64.2 Å². The molecule has 1 saturated heterocycles. The number of amides is 3. The van der Waals surface area contributed by atoms with E-state index in [-0.39, 0.29) is 43.8 Å². The largest absolute Gasteiger partial charge is 0.395 e. The molecule has 3 aliphatic heterocycles. The van der Waals surface area contributed by atoms with Crippen LogP contribution >= 0.6 is 0 Å². The van der Waals surface area contributed by atoms with E-state index in [0.717, 1.165) is 22.0 Å². The van der Waals surface area contributed by atoms with Crippen molar-refractivity contribution in [1.29, 1.82) is 0 Å². The van der Waals surface area contributed by atoms with Gasteiger partial charge in [0, 0.05) is 48.1 Å². The van der Waals surface area contributed by atoms with Gasteiger partial charge in [-0.25, -0.2) is 0 Å². The highest BCUT2D eigenvalue weighted by atomic mass is 16.5. The monoisotopic (exact) mass is 659 g/mol. The van der Waals surface area contributed by atoms with Gasteiger partial charge in [-0.15, -0.1) is 6.58 Å². The van der Waals surface area contributed by atoms with Crippen LogP contribution in [0.2, 0.25) is 0 Å². The average Bonchev–Trinajstić information content (AvgIpc) is 3.63. The van der Waals surface area contributed by atoms with Crippen molar-refractivity contribution in [3.63, 3.8) is 0 Å². The zero-order chi connectivity index (χ0) is 34.7. The Labute approximate surface area is 286 Å². The average molecular weight is 660 g/mol. The van der Waals surface area contributed by atoms with E-state index in [1.54, 1.807) is 34.6 Å². The molecule has 3 aliphatic rings. The lowest BCUT2D eigenvalue weighted by molar-refractivity contribution is -0.150. The van der Waals surface area contributed by atoms with Crippen molar-refractivity contribution in [2.24, 2.45) is 11.8 Å². The normalized spacial score (nSPS) is 22.8. The Morgan fingerprint density at radius 3 is 2.45 bits per heavy atom. The maximum Gasteiger partial charge on any atom is 0.264 e. The van der Waals surface area contributed by atoms with Crippen molar-refractivity contribution in [2.75, 3.05) is 29.5 Å². The van der Waals surface area contributed by atoms with Crippen molar-refractivity contribution in [3.8, 4) is 0 Å². The van der Waals surface area contributed by atoms with Crippen LogP contribution in [0.15, 0.2) is 97.6 Å². The predicted molar refractivity (Wildman–Crippen MR) is 188 cm³/mol. The SMILES string of the molecule is C=CCN1C(=O)[C@]2(O[C@H](CC(=O)N(CCO)Cc3ccccc3)[C@@H](C(C)(C)O)[C@@H]2C)c2cc(N3C(=O)c4cccc5cccc3c45)ccc21. The predicted octanol–water partition coefficient (Wildman–Crippen LogP) is 5.69. The third kappa shape index (κ3) is 5.15. The van der Waals surface area contributed by atoms with Gasteiger partial charge in [0.15, 0.2) is 5.60 Å². The fourth-order valence-electron chi connectivity index (χ4n) is 8.40. The molecule has 4 atom stereocenters. The minimum atomic E-state index is -1.53. The summed E-state index contributed by atoms with van der Waals surface area (Å²) in [6.07, 6.45) is 0.731. The molecule has 0 aliphatic carbocycles. The van der Waals surface area contributed by atoms with E-state index in [2.05, 4.69) is 6.58 Å². The topological polar surface area (TPSA) is 111 Å². The number of benzene rings is 4. The van der Waals surface area contributed by atoms with Gasteiger partial charge in [-0.05, 0) is 55.1 Å². The first-order chi connectivity index (χ1) is 23.5. The first-order valence-corrected chi connectivity index (χ1v) is 16.8. The molecule has 252 valence electrons. The Morgan fingerprint density at radius 2 is 1.76 bits per heavy atom. The molecule has 9 nitrogen and oxygen atoms in total. The van der Waals surface area contributed by atoms with Crippen LogP contribution in [0, 0.1) is 11.8 Å². The molecule has 7 rings (SSSR count). The van der Waals surface area contributed by atoms with E-state index < -0.39 is 29.1 Å². The van der Waals surface area contributed by atoms with Gasteiger partial charge in [-0.3, -0.25) is 19.3 Å². The van der Waals surface area contributed by atoms with Crippen molar-refractivity contribution < 1.29 is 29.3 Å². The molecule has 49 heavy (non-hydrogen) atoms. The summed E-state index contributed by atoms with van der Waals surface area (Å²) in [5, 5.41) is 23.3. The maximum atomic E-state index is 14.7. The number of carbonyl (C=O) groups is 3. The summed E-state index contributed by atoms with van der Waals surface area (Å²) >= 11 is 0. The van der Waals surface area contributed by atoms with Gasteiger partial charge in [0.1, 0.15) is 0 Å². The van der Waals surface area contributed by atoms with Crippen molar-refractivity contribution in [3.05, 3.63) is 114 Å². The Balaban J connectivity index is 1.30. The number of hydrogen-bond donors (Lipinski definition) is 2. The van der Waals surface area contributed by atoms with Crippen LogP contribution in [0.4, 0.5) is 17.1 Å². The smallest absolute Gasteiger partial charge is 0.264 e. The lowest BCUT2D eigenvalue weighted by Gasteiger charge is -2.34. The molecule has 4 aromatic carbocycles. The van der Waals surface area contributed by atoms with Gasteiger partial charge in [0.2, 0.25) is 5.91 Å². The van der Waals surface area contributed by atoms with Gasteiger partial charge in [-0.2, -0.15) is 0 Å². The highest BCUT2D eigenvalue weighted by molar-refractivity contribution is 6.28. The number of aliphatic hydroxyl groups is 2. The van der Waals surface area contributed by atoms with Gasteiger partial charge < -0.3 is 24.7 Å². The summed E-state index contributed by atoms with van der Waals surface area (Å²) in [5.41, 5.74) is 1.25. The third-order valence-electron chi connectivity index (χ3n) is 10.4. The molecule has 0 saturated carbocycles. The molecule has 1 spiro atoms. The third-order valence-corrected chi connectivity index (χ3v) is 10.4. The molecule has 3 heterocycles. The molecule has 1 fully saturated rings. The number of anilines is 3. The standard InChI is InChI=1S/C40H41N3O6/c1-5-19-42-31-18-17-28(43-32-16-10-14-27-13-9-15-29(35(27)32)37(43)46)22-30(31)40(38(42)47)25(2)36(39(3,4)48)33(49-40)23-34(45)41(20-21-44)24-26-11-7-6-8-12-26/h5-18,22,25,33,36,44,48H,1,19-21,23-24H2,2-4H3/t25-,33+,36-,40+/m0/s1. The minimum absolute atomic E-state index is 0.0980. The molecule has 3 amide bonds. The molecule has 9 heteroatoms. The number of nitrogens with zero attached hydrogens (tertiary/aromatic N) is 3. The van der Waals surface area contributed by atoms with Crippen molar-refractivity contribution in [2.45, 2.75) is 51.0 Å². The van der Waals surface area contributed by atoms with Crippen molar-refractivity contribution in [1.82, 2.24) is 4.90 Å². The highest BCUT2D eigenvalue weighted by Gasteiger charge is 2.66. The van der Waals surface area contributed by atoms with E-state index in [4.69, 9.17) is 4.74 Å². The minimum Gasteiger partial charge on any atom is -0.395 e. The molecule has 0 unspecified atom stereocenters. The second-order valence-electron chi connectivity index (χ2n) is 13.8. The summed E-state index contributed by atoms with van der Waals surface area (Å²) in [6.45, 7) is 9.60. The fourth-order valence-corrected chi connectivity index (χ4v) is 8.40. The highest BCUT2D eigenvalue weighted by Crippen LogP contribution is 2.58. The second kappa shape index (κ2) is 12.2. The number of fused-ring (bicyclic) bond motifs is 2. The maximum absolute atomic E-state index is 14.7. The lowest BCUT2D eigenvalue weighted by atomic mass is 9.70. The molecule has 0 radical (unpaired) electrons. The fraction of sp³-hybridized carbons (Fsp3) is 0.325. The summed E-state index contributed by atoms with van der Waals surface area (Å²) < 4.78 is 6.89. The van der Waals surface area contributed by atoms with Gasteiger partial charge in [-0.1, -0.05) is 67.6 Å². The first kappa shape index (κ1) is 32.7. The van der Waals surface area contributed by atoms with Crippen LogP contribution < -0.4 is 9.80 Å². The van der Waals surface area contributed by atoms with Gasteiger partial charge >= 0.3 is 0 Å². The quantitative estimate of drug-likeness (QED) is 0.212.